The van der Waals surface area contributed by atoms with Gasteiger partial charge >= 0.3 is 6.09 Å². The number of hydrogen-bond acceptors (Lipinski definition) is 3. The van der Waals surface area contributed by atoms with Gasteiger partial charge in [-0.2, -0.15) is 0 Å². The van der Waals surface area contributed by atoms with Crippen LogP contribution in [0.15, 0.2) is 5.38 Å². The number of rotatable bonds is 1. The molecule has 0 spiro atoms. The average Bonchev–Trinajstić information content (AvgIpc) is 2.67. The van der Waals surface area contributed by atoms with Crippen molar-refractivity contribution in [3.63, 3.8) is 0 Å². The fraction of sp³-hybridized carbons (Fsp3) is 0.643. The minimum absolute atomic E-state index is 0.0976. The summed E-state index contributed by atoms with van der Waals surface area (Å²) in [5.41, 5.74) is 0.346. The van der Waals surface area contributed by atoms with Crippen molar-refractivity contribution < 1.29 is 13.9 Å². The highest BCUT2D eigenvalue weighted by Crippen LogP contribution is 2.31. The quantitative estimate of drug-likeness (QED) is 0.789. The Morgan fingerprint density at radius 1 is 1.53 bits per heavy atom. The normalized spacial score (nSPS) is 18.9. The van der Waals surface area contributed by atoms with E-state index < -0.39 is 5.60 Å². The molecular formula is C14H20FNO2S. The molecule has 0 radical (unpaired) electrons. The summed E-state index contributed by atoms with van der Waals surface area (Å²) in [4.78, 5) is 14.7. The molecule has 19 heavy (non-hydrogen) atoms. The molecule has 5 heteroatoms. The largest absolute Gasteiger partial charge is 0.444 e. The average molecular weight is 285 g/mol. The van der Waals surface area contributed by atoms with Crippen LogP contribution in [0.2, 0.25) is 0 Å². The molecule has 3 nitrogen and oxygen atoms in total. The van der Waals surface area contributed by atoms with Crippen LogP contribution < -0.4 is 0 Å². The Bertz CT molecular complexity index is 478. The minimum Gasteiger partial charge on any atom is -0.444 e. The minimum atomic E-state index is -0.486. The van der Waals surface area contributed by atoms with Crippen LogP contribution in [0, 0.1) is 5.82 Å². The first-order valence-corrected chi connectivity index (χ1v) is 7.36. The summed E-state index contributed by atoms with van der Waals surface area (Å²) in [6.07, 6.45) is 1.90. The number of nitrogens with zero attached hydrogens (tertiary/aromatic N) is 1. The van der Waals surface area contributed by atoms with Crippen molar-refractivity contribution in [2.24, 2.45) is 0 Å². The molecule has 0 fully saturated rings. The molecule has 2 rings (SSSR count). The fourth-order valence-electron chi connectivity index (χ4n) is 2.27. The zero-order chi connectivity index (χ0) is 14.2. The van der Waals surface area contributed by atoms with Gasteiger partial charge in [-0.25, -0.2) is 9.18 Å². The predicted octanol–water partition coefficient (Wildman–Crippen LogP) is 3.61. The Balaban J connectivity index is 2.02. The van der Waals surface area contributed by atoms with Crippen LogP contribution in [0.25, 0.3) is 0 Å². The number of carbonyl (C=O) groups excluding carboxylic acids is 1. The smallest absolute Gasteiger partial charge is 0.410 e. The van der Waals surface area contributed by atoms with Crippen LogP contribution in [-0.2, 0) is 17.6 Å². The predicted molar refractivity (Wildman–Crippen MR) is 74.1 cm³/mol. The van der Waals surface area contributed by atoms with E-state index in [-0.39, 0.29) is 18.0 Å². The molecule has 1 unspecified atom stereocenters. The Labute approximate surface area is 117 Å². The van der Waals surface area contributed by atoms with E-state index in [0.29, 0.717) is 6.42 Å². The summed E-state index contributed by atoms with van der Waals surface area (Å²) in [6, 6.07) is 0.0976. The zero-order valence-corrected chi connectivity index (χ0v) is 12.6. The van der Waals surface area contributed by atoms with Gasteiger partial charge in [0.1, 0.15) is 11.4 Å². The van der Waals surface area contributed by atoms with Crippen LogP contribution in [0.3, 0.4) is 0 Å². The maximum Gasteiger partial charge on any atom is 0.410 e. The standard InChI is InChI=1S/C14H20FNO2S/c1-14(2,3)18-13(17)16(4)9-5-6-10-11(15)8-19-12(10)7-9/h8-9H,5-7H2,1-4H3. The molecule has 1 aliphatic carbocycles. The van der Waals surface area contributed by atoms with Gasteiger partial charge in [0.05, 0.1) is 0 Å². The zero-order valence-electron chi connectivity index (χ0n) is 11.8. The molecule has 1 aromatic rings. The number of fused-ring (bicyclic) bond motifs is 1. The van der Waals surface area contributed by atoms with E-state index in [4.69, 9.17) is 4.74 Å². The molecule has 1 atom stereocenters. The Hall–Kier alpha value is -1.10. The van der Waals surface area contributed by atoms with Crippen LogP contribution in [0.4, 0.5) is 9.18 Å². The lowest BCUT2D eigenvalue weighted by atomic mass is 9.94. The van der Waals surface area contributed by atoms with E-state index in [1.54, 1.807) is 17.3 Å². The van der Waals surface area contributed by atoms with Crippen molar-refractivity contribution in [3.05, 3.63) is 21.6 Å². The maximum atomic E-state index is 13.4. The Morgan fingerprint density at radius 3 is 2.84 bits per heavy atom. The van der Waals surface area contributed by atoms with Crippen LogP contribution >= 0.6 is 11.3 Å². The van der Waals surface area contributed by atoms with Crippen molar-refractivity contribution in [2.45, 2.75) is 51.7 Å². The number of halogens is 1. The van der Waals surface area contributed by atoms with E-state index in [1.165, 1.54) is 11.3 Å². The van der Waals surface area contributed by atoms with Gasteiger partial charge in [-0.3, -0.25) is 0 Å². The highest BCUT2D eigenvalue weighted by molar-refractivity contribution is 7.10. The fourth-order valence-corrected chi connectivity index (χ4v) is 3.29. The van der Waals surface area contributed by atoms with E-state index in [2.05, 4.69) is 0 Å². The van der Waals surface area contributed by atoms with Crippen molar-refractivity contribution in [1.29, 1.82) is 0 Å². The Kier molecular flexibility index (Phi) is 3.85. The lowest BCUT2D eigenvalue weighted by Crippen LogP contribution is -2.43. The molecule has 0 aromatic carbocycles. The number of carbonyl (C=O) groups is 1. The first-order valence-electron chi connectivity index (χ1n) is 6.48. The van der Waals surface area contributed by atoms with E-state index >= 15 is 0 Å². The first kappa shape index (κ1) is 14.3. The molecule has 0 N–H and O–H groups in total. The van der Waals surface area contributed by atoms with Crippen LogP contribution in [0.5, 0.6) is 0 Å². The molecule has 0 saturated carbocycles. The summed E-state index contributed by atoms with van der Waals surface area (Å²) >= 11 is 1.44. The summed E-state index contributed by atoms with van der Waals surface area (Å²) in [5.74, 6) is -0.0987. The van der Waals surface area contributed by atoms with Gasteiger partial charge in [0, 0.05) is 35.3 Å². The third-order valence-corrected chi connectivity index (χ3v) is 4.33. The molecule has 106 valence electrons. The summed E-state index contributed by atoms with van der Waals surface area (Å²) in [6.45, 7) is 5.56. The van der Waals surface area contributed by atoms with Gasteiger partial charge in [0.2, 0.25) is 0 Å². The van der Waals surface area contributed by atoms with Gasteiger partial charge in [0.15, 0.2) is 0 Å². The third kappa shape index (κ3) is 3.26. The topological polar surface area (TPSA) is 29.5 Å². The first-order chi connectivity index (χ1) is 8.78. The van der Waals surface area contributed by atoms with Crippen molar-refractivity contribution in [3.8, 4) is 0 Å². The molecule has 0 saturated heterocycles. The second-order valence-electron chi connectivity index (χ2n) is 5.97. The van der Waals surface area contributed by atoms with Crippen molar-refractivity contribution in [1.82, 2.24) is 4.90 Å². The maximum absolute atomic E-state index is 13.4. The van der Waals surface area contributed by atoms with E-state index in [1.807, 2.05) is 20.8 Å². The van der Waals surface area contributed by atoms with Gasteiger partial charge < -0.3 is 9.64 Å². The number of amides is 1. The van der Waals surface area contributed by atoms with Crippen LogP contribution in [-0.4, -0.2) is 29.7 Å². The second-order valence-corrected chi connectivity index (χ2v) is 6.94. The number of ether oxygens (including phenoxy) is 1. The van der Waals surface area contributed by atoms with Gasteiger partial charge in [-0.05, 0) is 33.6 Å². The van der Waals surface area contributed by atoms with Gasteiger partial charge in [-0.1, -0.05) is 0 Å². The summed E-state index contributed by atoms with van der Waals surface area (Å²) in [5, 5.41) is 1.56. The highest BCUT2D eigenvalue weighted by Gasteiger charge is 2.30. The monoisotopic (exact) mass is 285 g/mol. The molecule has 1 aromatic heterocycles. The number of thiophene rings is 1. The number of hydrogen-bond donors (Lipinski definition) is 0. The lowest BCUT2D eigenvalue weighted by molar-refractivity contribution is 0.0211. The molecular weight excluding hydrogens is 265 g/mol. The van der Waals surface area contributed by atoms with Gasteiger partial charge in [-0.15, -0.1) is 11.3 Å². The SMILES string of the molecule is CN(C(=O)OC(C)(C)C)C1CCc2c(F)csc2C1. The lowest BCUT2D eigenvalue weighted by Gasteiger charge is -2.32. The molecule has 0 aliphatic heterocycles. The van der Waals surface area contributed by atoms with Crippen LogP contribution in [0.1, 0.15) is 37.6 Å². The molecule has 1 aliphatic rings. The Morgan fingerprint density at radius 2 is 2.21 bits per heavy atom. The van der Waals surface area contributed by atoms with E-state index in [0.717, 1.165) is 23.3 Å². The third-order valence-electron chi connectivity index (χ3n) is 3.31. The molecule has 1 heterocycles. The van der Waals surface area contributed by atoms with Crippen molar-refractivity contribution in [2.75, 3.05) is 7.05 Å². The summed E-state index contributed by atoms with van der Waals surface area (Å²) < 4.78 is 18.8. The van der Waals surface area contributed by atoms with E-state index in [9.17, 15) is 9.18 Å². The molecule has 0 bridgehead atoms. The highest BCUT2D eigenvalue weighted by atomic mass is 32.1. The van der Waals surface area contributed by atoms with Gasteiger partial charge in [0.25, 0.3) is 0 Å². The van der Waals surface area contributed by atoms with Crippen molar-refractivity contribution >= 4 is 17.4 Å². The molecule has 1 amide bonds. The second kappa shape index (κ2) is 5.12. The number of likely N-dealkylation sites (N-methyl/N-ethyl adjacent to an activating group) is 1. The summed E-state index contributed by atoms with van der Waals surface area (Å²) in [7, 11) is 1.76.